The van der Waals surface area contributed by atoms with Gasteiger partial charge in [0.15, 0.2) is 0 Å². The number of cyclic esters (lactones) is 1. The number of fused-ring (bicyclic) bond motifs is 3. The predicted octanol–water partition coefficient (Wildman–Crippen LogP) is 3.18. The Kier molecular flexibility index (Phi) is 7.57. The number of esters is 1. The molecule has 2 unspecified atom stereocenters. The van der Waals surface area contributed by atoms with Gasteiger partial charge in [-0.3, -0.25) is 14.5 Å². The van der Waals surface area contributed by atoms with Crippen molar-refractivity contribution >= 4 is 17.8 Å². The molecule has 3 heterocycles. The Bertz CT molecular complexity index is 883. The SMILES string of the molecule is CN1CCCC2(C)CCC(=O)C(CO2)C(=O)OCC12CCN(C(=O)OCc1ccccc1)CC2. The van der Waals surface area contributed by atoms with Crippen molar-refractivity contribution in [3.05, 3.63) is 35.9 Å². The van der Waals surface area contributed by atoms with Crippen molar-refractivity contribution in [3.63, 3.8) is 0 Å². The maximum atomic E-state index is 12.9. The van der Waals surface area contributed by atoms with Gasteiger partial charge in [0.25, 0.3) is 0 Å². The molecule has 0 N–H and O–H groups in total. The molecule has 2 atom stereocenters. The number of benzene rings is 1. The average Bonchev–Trinajstić information content (AvgIpc) is 2.99. The van der Waals surface area contributed by atoms with E-state index in [0.29, 0.717) is 38.8 Å². The topological polar surface area (TPSA) is 85.4 Å². The summed E-state index contributed by atoms with van der Waals surface area (Å²) in [4.78, 5) is 42.1. The number of nitrogens with zero attached hydrogens (tertiary/aromatic N) is 2. The van der Waals surface area contributed by atoms with Crippen LogP contribution in [0.25, 0.3) is 0 Å². The van der Waals surface area contributed by atoms with Gasteiger partial charge in [-0.15, -0.1) is 0 Å². The van der Waals surface area contributed by atoms with Crippen LogP contribution in [0, 0.1) is 5.92 Å². The molecule has 0 aromatic heterocycles. The van der Waals surface area contributed by atoms with Crippen LogP contribution in [0.15, 0.2) is 30.3 Å². The van der Waals surface area contributed by atoms with Crippen LogP contribution >= 0.6 is 0 Å². The van der Waals surface area contributed by atoms with E-state index in [9.17, 15) is 14.4 Å². The van der Waals surface area contributed by atoms with Crippen molar-refractivity contribution in [2.45, 2.75) is 63.2 Å². The molecular weight excluding hydrogens is 436 g/mol. The van der Waals surface area contributed by atoms with E-state index in [0.717, 1.165) is 24.9 Å². The standard InChI is InChI=1S/C26H36N2O6/c1-25-10-6-14-27(2)26(19-33-23(30)21(18-34-25)22(29)9-11-25)12-15-28(16-13-26)24(31)32-17-20-7-4-3-5-8-20/h3-5,7-8,21H,6,9-19H2,1-2H3. The molecule has 8 heteroatoms. The average molecular weight is 473 g/mol. The van der Waals surface area contributed by atoms with Gasteiger partial charge in [0.1, 0.15) is 24.9 Å². The van der Waals surface area contributed by atoms with E-state index in [-0.39, 0.29) is 37.2 Å². The molecule has 0 radical (unpaired) electrons. The largest absolute Gasteiger partial charge is 0.463 e. The number of hydrogen-bond acceptors (Lipinski definition) is 7. The van der Waals surface area contributed by atoms with Crippen LogP contribution in [0.5, 0.6) is 0 Å². The second kappa shape index (κ2) is 10.4. The highest BCUT2D eigenvalue weighted by molar-refractivity contribution is 5.99. The van der Waals surface area contributed by atoms with Gasteiger partial charge in [-0.05, 0) is 58.2 Å². The minimum absolute atomic E-state index is 0.0913. The Hall–Kier alpha value is -2.45. The van der Waals surface area contributed by atoms with Crippen molar-refractivity contribution in [2.75, 3.05) is 39.9 Å². The van der Waals surface area contributed by atoms with Gasteiger partial charge in [-0.25, -0.2) is 4.79 Å². The van der Waals surface area contributed by atoms with E-state index in [1.807, 2.05) is 37.3 Å². The third kappa shape index (κ3) is 5.61. The van der Waals surface area contributed by atoms with Crippen LogP contribution in [-0.4, -0.2) is 78.7 Å². The number of ketones is 1. The van der Waals surface area contributed by atoms with E-state index in [1.54, 1.807) is 4.90 Å². The molecule has 3 aliphatic rings. The molecule has 4 rings (SSSR count). The Morgan fingerprint density at radius 3 is 2.56 bits per heavy atom. The van der Waals surface area contributed by atoms with Gasteiger partial charge < -0.3 is 19.1 Å². The van der Waals surface area contributed by atoms with Crippen LogP contribution < -0.4 is 0 Å². The van der Waals surface area contributed by atoms with Crippen molar-refractivity contribution in [1.82, 2.24) is 9.80 Å². The normalized spacial score (nSPS) is 28.5. The second-order valence-corrected chi connectivity index (χ2v) is 10.2. The van der Waals surface area contributed by atoms with Gasteiger partial charge in [0, 0.05) is 19.5 Å². The third-order valence-corrected chi connectivity index (χ3v) is 7.82. The molecule has 8 nitrogen and oxygen atoms in total. The number of likely N-dealkylation sites (N-methyl/N-ethyl adjacent to an activating group) is 1. The van der Waals surface area contributed by atoms with E-state index in [2.05, 4.69) is 11.9 Å². The molecular formula is C26H36N2O6. The van der Waals surface area contributed by atoms with Crippen molar-refractivity contribution in [1.29, 1.82) is 0 Å². The highest BCUT2D eigenvalue weighted by Gasteiger charge is 2.44. The maximum Gasteiger partial charge on any atom is 0.410 e. The van der Waals surface area contributed by atoms with Gasteiger partial charge in [-0.2, -0.15) is 0 Å². The number of likely N-dealkylation sites (tertiary alicyclic amines) is 1. The summed E-state index contributed by atoms with van der Waals surface area (Å²) in [6.07, 6.45) is 3.75. The van der Waals surface area contributed by atoms with Gasteiger partial charge in [0.05, 0.1) is 17.7 Å². The maximum absolute atomic E-state index is 12.9. The molecule has 1 spiro atoms. The quantitative estimate of drug-likeness (QED) is 0.483. The molecule has 3 fully saturated rings. The summed E-state index contributed by atoms with van der Waals surface area (Å²) < 4.78 is 17.3. The van der Waals surface area contributed by atoms with Gasteiger partial charge in [0.2, 0.25) is 0 Å². The molecule has 0 aliphatic carbocycles. The molecule has 0 saturated carbocycles. The first-order chi connectivity index (χ1) is 16.3. The lowest BCUT2D eigenvalue weighted by molar-refractivity contribution is -0.161. The third-order valence-electron chi connectivity index (χ3n) is 7.82. The van der Waals surface area contributed by atoms with Crippen LogP contribution in [0.2, 0.25) is 0 Å². The first-order valence-electron chi connectivity index (χ1n) is 12.3. The number of ether oxygens (including phenoxy) is 3. The minimum atomic E-state index is -0.850. The van der Waals surface area contributed by atoms with Crippen LogP contribution in [0.4, 0.5) is 4.79 Å². The number of Topliss-reactive ketones (excluding diaryl/α,β-unsaturated/α-hetero) is 1. The molecule has 3 aliphatic heterocycles. The number of carbonyl (C=O) groups is 3. The highest BCUT2D eigenvalue weighted by atomic mass is 16.6. The fourth-order valence-electron chi connectivity index (χ4n) is 5.19. The van der Waals surface area contributed by atoms with Gasteiger partial charge >= 0.3 is 12.1 Å². The summed E-state index contributed by atoms with van der Waals surface area (Å²) in [5.74, 6) is -1.43. The first kappa shape index (κ1) is 24.7. The number of piperidine rings is 1. The Labute approximate surface area is 201 Å². The molecule has 1 amide bonds. The second-order valence-electron chi connectivity index (χ2n) is 10.2. The number of hydrogen-bond donors (Lipinski definition) is 0. The molecule has 1 aromatic carbocycles. The number of rotatable bonds is 2. The predicted molar refractivity (Wildman–Crippen MR) is 125 cm³/mol. The fourth-order valence-corrected chi connectivity index (χ4v) is 5.19. The van der Waals surface area contributed by atoms with Crippen LogP contribution in [0.1, 0.15) is 51.0 Å². The zero-order chi connectivity index (χ0) is 24.2. The Morgan fingerprint density at radius 2 is 1.82 bits per heavy atom. The van der Waals surface area contributed by atoms with Crippen LogP contribution in [-0.2, 0) is 30.4 Å². The lowest BCUT2D eigenvalue weighted by Crippen LogP contribution is -2.58. The van der Waals surface area contributed by atoms with Crippen molar-refractivity contribution in [2.24, 2.45) is 5.92 Å². The molecule has 186 valence electrons. The molecule has 34 heavy (non-hydrogen) atoms. The summed E-state index contributed by atoms with van der Waals surface area (Å²) in [5.41, 5.74) is 0.182. The summed E-state index contributed by atoms with van der Waals surface area (Å²) in [7, 11) is 2.06. The summed E-state index contributed by atoms with van der Waals surface area (Å²) in [5, 5.41) is 0. The van der Waals surface area contributed by atoms with E-state index >= 15 is 0 Å². The zero-order valence-corrected chi connectivity index (χ0v) is 20.3. The van der Waals surface area contributed by atoms with E-state index in [4.69, 9.17) is 14.2 Å². The van der Waals surface area contributed by atoms with Crippen LogP contribution in [0.3, 0.4) is 0 Å². The number of carbonyl (C=O) groups excluding carboxylic acids is 3. The zero-order valence-electron chi connectivity index (χ0n) is 20.3. The van der Waals surface area contributed by atoms with Crippen molar-refractivity contribution in [3.8, 4) is 0 Å². The lowest BCUT2D eigenvalue weighted by Gasteiger charge is -2.47. The Morgan fingerprint density at radius 1 is 1.09 bits per heavy atom. The monoisotopic (exact) mass is 472 g/mol. The minimum Gasteiger partial charge on any atom is -0.463 e. The highest BCUT2D eigenvalue weighted by Crippen LogP contribution is 2.34. The molecule has 1 aromatic rings. The summed E-state index contributed by atoms with van der Waals surface area (Å²) >= 11 is 0. The summed E-state index contributed by atoms with van der Waals surface area (Å²) in [6, 6.07) is 9.62. The smallest absolute Gasteiger partial charge is 0.410 e. The van der Waals surface area contributed by atoms with Gasteiger partial charge in [-0.1, -0.05) is 30.3 Å². The summed E-state index contributed by atoms with van der Waals surface area (Å²) in [6.45, 7) is 4.46. The van der Waals surface area contributed by atoms with E-state index < -0.39 is 17.5 Å². The first-order valence-corrected chi connectivity index (χ1v) is 12.3. The molecule has 3 saturated heterocycles. The molecule has 2 bridgehead atoms. The fraction of sp³-hybridized carbons (Fsp3) is 0.654. The van der Waals surface area contributed by atoms with Crippen molar-refractivity contribution < 1.29 is 28.6 Å². The van der Waals surface area contributed by atoms with E-state index in [1.165, 1.54) is 0 Å². The lowest BCUT2D eigenvalue weighted by atomic mass is 9.86. The number of amides is 1. The Balaban J connectivity index is 1.40.